The Labute approximate surface area is 115 Å². The van der Waals surface area contributed by atoms with Crippen LogP contribution in [0.4, 0.5) is 11.4 Å². The van der Waals surface area contributed by atoms with Crippen LogP contribution < -0.4 is 16.4 Å². The van der Waals surface area contributed by atoms with Gasteiger partial charge in [-0.15, -0.1) is 0 Å². The highest BCUT2D eigenvalue weighted by atomic mass is 32.1. The molecular weight excluding hydrogens is 260 g/mol. The van der Waals surface area contributed by atoms with E-state index in [0.29, 0.717) is 10.8 Å². The number of aromatic nitrogens is 1. The Balaban J connectivity index is 1.97. The van der Waals surface area contributed by atoms with Gasteiger partial charge in [0.15, 0.2) is 5.11 Å². The van der Waals surface area contributed by atoms with Crippen molar-refractivity contribution < 1.29 is 4.79 Å². The molecule has 0 fully saturated rings. The molecule has 0 aliphatic carbocycles. The lowest BCUT2D eigenvalue weighted by Crippen LogP contribution is -2.19. The monoisotopic (exact) mass is 272 g/mol. The molecule has 2 aromatic rings. The number of anilines is 2. The maximum atomic E-state index is 10.9. The van der Waals surface area contributed by atoms with E-state index in [1.807, 2.05) is 30.3 Å². The van der Waals surface area contributed by atoms with Crippen LogP contribution in [0.1, 0.15) is 10.5 Å². The van der Waals surface area contributed by atoms with Crippen molar-refractivity contribution in [1.29, 1.82) is 0 Å². The first-order valence-electron chi connectivity index (χ1n) is 5.54. The van der Waals surface area contributed by atoms with E-state index in [1.54, 1.807) is 6.07 Å². The molecule has 0 atom stereocenters. The number of primary amides is 1. The maximum absolute atomic E-state index is 10.9. The molecule has 96 valence electrons. The van der Waals surface area contributed by atoms with Gasteiger partial charge in [-0.2, -0.15) is 0 Å². The van der Waals surface area contributed by atoms with Crippen LogP contribution in [-0.4, -0.2) is 16.0 Å². The zero-order chi connectivity index (χ0) is 13.7. The Morgan fingerprint density at radius 1 is 1.05 bits per heavy atom. The standard InChI is InChI=1S/C13H12N4OS/c14-12(18)11-7-6-10(8-15-11)17-13(19)16-9-4-2-1-3-5-9/h1-8H,(H2,14,18)(H2,16,17,19). The van der Waals surface area contributed by atoms with E-state index in [1.165, 1.54) is 12.3 Å². The fourth-order valence-electron chi connectivity index (χ4n) is 1.43. The van der Waals surface area contributed by atoms with Crippen LogP contribution in [0.3, 0.4) is 0 Å². The lowest BCUT2D eigenvalue weighted by atomic mass is 10.3. The third-order valence-electron chi connectivity index (χ3n) is 2.31. The van der Waals surface area contributed by atoms with Crippen molar-refractivity contribution in [1.82, 2.24) is 4.98 Å². The SMILES string of the molecule is NC(=O)c1ccc(NC(=S)Nc2ccccc2)cn1. The molecule has 19 heavy (non-hydrogen) atoms. The van der Waals surface area contributed by atoms with Crippen LogP contribution in [0.15, 0.2) is 48.7 Å². The Hall–Kier alpha value is -2.47. The summed E-state index contributed by atoms with van der Waals surface area (Å²) in [7, 11) is 0. The fraction of sp³-hybridized carbons (Fsp3) is 0. The molecule has 1 amide bonds. The average Bonchev–Trinajstić information content (AvgIpc) is 2.40. The van der Waals surface area contributed by atoms with Gasteiger partial charge in [0.05, 0.1) is 11.9 Å². The minimum Gasteiger partial charge on any atom is -0.364 e. The molecule has 4 N–H and O–H groups in total. The topological polar surface area (TPSA) is 80.0 Å². The van der Waals surface area contributed by atoms with Gasteiger partial charge < -0.3 is 16.4 Å². The predicted molar refractivity (Wildman–Crippen MR) is 79.0 cm³/mol. The molecular formula is C13H12N4OS. The highest BCUT2D eigenvalue weighted by Gasteiger charge is 2.02. The van der Waals surface area contributed by atoms with Crippen LogP contribution in [0.5, 0.6) is 0 Å². The van der Waals surface area contributed by atoms with Gasteiger partial charge in [-0.25, -0.2) is 4.98 Å². The number of thiocarbonyl (C=S) groups is 1. The number of nitrogens with zero attached hydrogens (tertiary/aromatic N) is 1. The number of amides is 1. The van der Waals surface area contributed by atoms with Crippen molar-refractivity contribution in [2.24, 2.45) is 5.73 Å². The van der Waals surface area contributed by atoms with Gasteiger partial charge in [-0.1, -0.05) is 18.2 Å². The summed E-state index contributed by atoms with van der Waals surface area (Å²) < 4.78 is 0. The van der Waals surface area contributed by atoms with Gasteiger partial charge >= 0.3 is 0 Å². The number of nitrogens with one attached hydrogen (secondary N) is 2. The smallest absolute Gasteiger partial charge is 0.267 e. The molecule has 0 unspecified atom stereocenters. The number of para-hydroxylation sites is 1. The largest absolute Gasteiger partial charge is 0.364 e. The van der Waals surface area contributed by atoms with Crippen molar-refractivity contribution in [2.45, 2.75) is 0 Å². The van der Waals surface area contributed by atoms with E-state index in [4.69, 9.17) is 18.0 Å². The highest BCUT2D eigenvalue weighted by molar-refractivity contribution is 7.80. The molecule has 0 aliphatic heterocycles. The molecule has 0 saturated carbocycles. The summed E-state index contributed by atoms with van der Waals surface area (Å²) in [5, 5.41) is 6.44. The Bertz CT molecular complexity index is 583. The predicted octanol–water partition coefficient (Wildman–Crippen LogP) is 1.99. The number of carbonyl (C=O) groups is 1. The van der Waals surface area contributed by atoms with Crippen LogP contribution in [-0.2, 0) is 0 Å². The average molecular weight is 272 g/mol. The van der Waals surface area contributed by atoms with Gasteiger partial charge in [-0.3, -0.25) is 4.79 Å². The van der Waals surface area contributed by atoms with Crippen LogP contribution in [0, 0.1) is 0 Å². The first-order valence-corrected chi connectivity index (χ1v) is 5.95. The summed E-state index contributed by atoms with van der Waals surface area (Å²) in [5.74, 6) is -0.559. The van der Waals surface area contributed by atoms with Crippen molar-refractivity contribution >= 4 is 34.6 Å². The van der Waals surface area contributed by atoms with Gasteiger partial charge in [0.2, 0.25) is 0 Å². The third-order valence-corrected chi connectivity index (χ3v) is 2.51. The Kier molecular flexibility index (Phi) is 4.04. The summed E-state index contributed by atoms with van der Waals surface area (Å²) >= 11 is 5.16. The maximum Gasteiger partial charge on any atom is 0.267 e. The number of nitrogens with two attached hydrogens (primary N) is 1. The van der Waals surface area contributed by atoms with Crippen molar-refractivity contribution in [2.75, 3.05) is 10.6 Å². The first kappa shape index (κ1) is 13.0. The minimum absolute atomic E-state index is 0.215. The molecule has 0 radical (unpaired) electrons. The molecule has 0 aliphatic rings. The minimum atomic E-state index is -0.559. The lowest BCUT2D eigenvalue weighted by Gasteiger charge is -2.10. The molecule has 5 nitrogen and oxygen atoms in total. The Morgan fingerprint density at radius 3 is 2.32 bits per heavy atom. The van der Waals surface area contributed by atoms with Crippen LogP contribution in [0.25, 0.3) is 0 Å². The Morgan fingerprint density at radius 2 is 1.74 bits per heavy atom. The van der Waals surface area contributed by atoms with Crippen molar-refractivity contribution in [3.63, 3.8) is 0 Å². The van der Waals surface area contributed by atoms with Crippen LogP contribution >= 0.6 is 12.2 Å². The summed E-state index contributed by atoms with van der Waals surface area (Å²) in [5.41, 5.74) is 6.89. The van der Waals surface area contributed by atoms with Gasteiger partial charge in [0.25, 0.3) is 5.91 Å². The van der Waals surface area contributed by atoms with Crippen molar-refractivity contribution in [3.05, 3.63) is 54.4 Å². The molecule has 1 aromatic carbocycles. The number of hydrogen-bond acceptors (Lipinski definition) is 3. The zero-order valence-electron chi connectivity index (χ0n) is 9.96. The second-order valence-corrected chi connectivity index (χ2v) is 4.15. The number of carbonyl (C=O) groups excluding carboxylic acids is 1. The van der Waals surface area contributed by atoms with E-state index < -0.39 is 5.91 Å². The number of benzene rings is 1. The van der Waals surface area contributed by atoms with E-state index >= 15 is 0 Å². The molecule has 0 bridgehead atoms. The molecule has 0 saturated heterocycles. The van der Waals surface area contributed by atoms with E-state index in [9.17, 15) is 4.79 Å². The molecule has 1 aromatic heterocycles. The normalized spacial score (nSPS) is 9.68. The van der Waals surface area contributed by atoms with Crippen LogP contribution in [0.2, 0.25) is 0 Å². The third kappa shape index (κ3) is 3.75. The first-order chi connectivity index (χ1) is 9.15. The second kappa shape index (κ2) is 5.92. The van der Waals surface area contributed by atoms with Crippen molar-refractivity contribution in [3.8, 4) is 0 Å². The summed E-state index contributed by atoms with van der Waals surface area (Å²) in [4.78, 5) is 14.8. The molecule has 1 heterocycles. The van der Waals surface area contributed by atoms with Gasteiger partial charge in [-0.05, 0) is 36.5 Å². The van der Waals surface area contributed by atoms with Gasteiger partial charge in [0.1, 0.15) is 5.69 Å². The van der Waals surface area contributed by atoms with E-state index in [-0.39, 0.29) is 5.69 Å². The summed E-state index contributed by atoms with van der Waals surface area (Å²) in [6, 6.07) is 12.8. The van der Waals surface area contributed by atoms with E-state index in [0.717, 1.165) is 5.69 Å². The number of hydrogen-bond donors (Lipinski definition) is 3. The van der Waals surface area contributed by atoms with E-state index in [2.05, 4.69) is 15.6 Å². The molecule has 0 spiro atoms. The number of rotatable bonds is 3. The zero-order valence-corrected chi connectivity index (χ0v) is 10.8. The lowest BCUT2D eigenvalue weighted by molar-refractivity contribution is 0.0995. The quantitative estimate of drug-likeness (QED) is 0.745. The second-order valence-electron chi connectivity index (χ2n) is 3.74. The molecule has 2 rings (SSSR count). The highest BCUT2D eigenvalue weighted by Crippen LogP contribution is 2.09. The number of pyridine rings is 1. The fourth-order valence-corrected chi connectivity index (χ4v) is 1.66. The molecule has 6 heteroatoms. The van der Waals surface area contributed by atoms with Gasteiger partial charge in [0, 0.05) is 5.69 Å². The summed E-state index contributed by atoms with van der Waals surface area (Å²) in [6.07, 6.45) is 1.50. The summed E-state index contributed by atoms with van der Waals surface area (Å²) in [6.45, 7) is 0.